The van der Waals surface area contributed by atoms with Gasteiger partial charge in [0.2, 0.25) is 0 Å². The topological polar surface area (TPSA) is 37.9 Å². The van der Waals surface area contributed by atoms with Crippen LogP contribution in [-0.2, 0) is 7.05 Å². The second-order valence-electron chi connectivity index (χ2n) is 3.57. The van der Waals surface area contributed by atoms with E-state index in [1.165, 1.54) is 0 Å². The molecule has 1 aromatic carbocycles. The van der Waals surface area contributed by atoms with E-state index in [4.69, 9.17) is 10.00 Å². The van der Waals surface area contributed by atoms with Gasteiger partial charge in [0.25, 0.3) is 0 Å². The number of nitrogens with zero attached hydrogens (tertiary/aromatic N) is 2. The maximum absolute atomic E-state index is 8.88. The summed E-state index contributed by atoms with van der Waals surface area (Å²) in [4.78, 5) is 0. The predicted octanol–water partition coefficient (Wildman–Crippen LogP) is 2.57. The van der Waals surface area contributed by atoms with E-state index in [0.29, 0.717) is 5.69 Å². The first-order valence-electron chi connectivity index (χ1n) is 4.95. The van der Waals surface area contributed by atoms with Gasteiger partial charge in [-0.15, -0.1) is 0 Å². The molecule has 3 nitrogen and oxygen atoms in total. The number of hydrogen-bond acceptors (Lipinski definition) is 2. The van der Waals surface area contributed by atoms with Crippen LogP contribution in [0.3, 0.4) is 0 Å². The smallest absolute Gasteiger partial charge is 0.120 e. The van der Waals surface area contributed by atoms with E-state index in [-0.39, 0.29) is 0 Å². The first-order valence-corrected chi connectivity index (χ1v) is 4.95. The normalized spacial score (nSPS) is 9.81. The summed E-state index contributed by atoms with van der Waals surface area (Å²) in [6, 6.07) is 11.8. The fraction of sp³-hybridized carbons (Fsp3) is 0.154. The zero-order valence-electron chi connectivity index (χ0n) is 9.27. The molecule has 2 aromatic rings. The molecule has 0 aliphatic carbocycles. The van der Waals surface area contributed by atoms with Crippen LogP contribution in [0.2, 0.25) is 0 Å². The van der Waals surface area contributed by atoms with Gasteiger partial charge >= 0.3 is 0 Å². The van der Waals surface area contributed by atoms with Crippen LogP contribution in [0.25, 0.3) is 11.1 Å². The van der Waals surface area contributed by atoms with E-state index in [0.717, 1.165) is 16.9 Å². The lowest BCUT2D eigenvalue weighted by atomic mass is 10.1. The molecule has 80 valence electrons. The third kappa shape index (κ3) is 1.78. The number of methoxy groups -OCH3 is 1. The third-order valence-corrected chi connectivity index (χ3v) is 2.52. The molecule has 0 amide bonds. The quantitative estimate of drug-likeness (QED) is 0.767. The summed E-state index contributed by atoms with van der Waals surface area (Å²) in [5.41, 5.74) is 2.73. The molecule has 0 aliphatic heterocycles. The fourth-order valence-electron chi connectivity index (χ4n) is 1.64. The Morgan fingerprint density at radius 2 is 2.06 bits per heavy atom. The van der Waals surface area contributed by atoms with Crippen molar-refractivity contribution in [3.05, 3.63) is 42.2 Å². The Kier molecular flexibility index (Phi) is 2.65. The molecule has 0 N–H and O–H groups in total. The summed E-state index contributed by atoms with van der Waals surface area (Å²) in [6.07, 6.45) is 1.94. The van der Waals surface area contributed by atoms with E-state index in [2.05, 4.69) is 6.07 Å². The number of benzene rings is 1. The molecule has 0 fully saturated rings. The highest BCUT2D eigenvalue weighted by Crippen LogP contribution is 2.25. The molecule has 3 heteroatoms. The van der Waals surface area contributed by atoms with Crippen molar-refractivity contribution in [2.45, 2.75) is 0 Å². The molecule has 2 rings (SSSR count). The average molecular weight is 212 g/mol. The molecule has 0 atom stereocenters. The molecular weight excluding hydrogens is 200 g/mol. The summed E-state index contributed by atoms with van der Waals surface area (Å²) in [5, 5.41) is 8.88. The van der Waals surface area contributed by atoms with Crippen molar-refractivity contribution in [3.63, 3.8) is 0 Å². The lowest BCUT2D eigenvalue weighted by molar-refractivity contribution is 0.415. The van der Waals surface area contributed by atoms with Crippen LogP contribution in [0.15, 0.2) is 36.5 Å². The van der Waals surface area contributed by atoms with Gasteiger partial charge in [0.05, 0.1) is 7.11 Å². The van der Waals surface area contributed by atoms with Crippen molar-refractivity contribution in [2.24, 2.45) is 7.05 Å². The molecule has 0 spiro atoms. The highest BCUT2D eigenvalue weighted by Gasteiger charge is 2.05. The lowest BCUT2D eigenvalue weighted by Gasteiger charge is -2.01. The van der Waals surface area contributed by atoms with Crippen molar-refractivity contribution in [1.29, 1.82) is 5.26 Å². The summed E-state index contributed by atoms with van der Waals surface area (Å²) in [6.45, 7) is 0. The van der Waals surface area contributed by atoms with Crippen LogP contribution >= 0.6 is 0 Å². The molecule has 0 saturated carbocycles. The Labute approximate surface area is 94.5 Å². The van der Waals surface area contributed by atoms with Crippen molar-refractivity contribution in [3.8, 4) is 22.9 Å². The van der Waals surface area contributed by atoms with Gasteiger partial charge in [-0.25, -0.2) is 0 Å². The molecule has 16 heavy (non-hydrogen) atoms. The molecule has 0 radical (unpaired) electrons. The minimum Gasteiger partial charge on any atom is -0.497 e. The van der Waals surface area contributed by atoms with Gasteiger partial charge in [0.1, 0.15) is 17.5 Å². The lowest BCUT2D eigenvalue weighted by Crippen LogP contribution is -1.86. The van der Waals surface area contributed by atoms with Crippen molar-refractivity contribution >= 4 is 0 Å². The molecule has 0 unspecified atom stereocenters. The first kappa shape index (κ1) is 10.3. The Hall–Kier alpha value is -2.21. The van der Waals surface area contributed by atoms with Gasteiger partial charge in [0.15, 0.2) is 0 Å². The minimum atomic E-state index is 0.651. The minimum absolute atomic E-state index is 0.651. The van der Waals surface area contributed by atoms with Crippen LogP contribution in [0.1, 0.15) is 5.69 Å². The molecule has 0 bridgehead atoms. The van der Waals surface area contributed by atoms with E-state index in [1.807, 2.05) is 48.1 Å². The number of ether oxygens (including phenoxy) is 1. The number of nitriles is 1. The van der Waals surface area contributed by atoms with Crippen molar-refractivity contribution < 1.29 is 4.74 Å². The third-order valence-electron chi connectivity index (χ3n) is 2.52. The highest BCUT2D eigenvalue weighted by molar-refractivity contribution is 5.66. The fourth-order valence-corrected chi connectivity index (χ4v) is 1.64. The summed E-state index contributed by atoms with van der Waals surface area (Å²) in [5.74, 6) is 0.819. The summed E-state index contributed by atoms with van der Waals surface area (Å²) >= 11 is 0. The van der Waals surface area contributed by atoms with Crippen molar-refractivity contribution in [2.75, 3.05) is 7.11 Å². The van der Waals surface area contributed by atoms with E-state index >= 15 is 0 Å². The Balaban J connectivity index is 2.46. The van der Waals surface area contributed by atoms with Gasteiger partial charge in [-0.3, -0.25) is 0 Å². The monoisotopic (exact) mass is 212 g/mol. The van der Waals surface area contributed by atoms with E-state index < -0.39 is 0 Å². The molecule has 1 aromatic heterocycles. The molecule has 1 heterocycles. The summed E-state index contributed by atoms with van der Waals surface area (Å²) < 4.78 is 6.98. The zero-order chi connectivity index (χ0) is 11.5. The highest BCUT2D eigenvalue weighted by atomic mass is 16.5. The maximum atomic E-state index is 8.88. The van der Waals surface area contributed by atoms with E-state index in [9.17, 15) is 0 Å². The van der Waals surface area contributed by atoms with Crippen LogP contribution in [0, 0.1) is 11.3 Å². The Morgan fingerprint density at radius 1 is 1.25 bits per heavy atom. The van der Waals surface area contributed by atoms with Gasteiger partial charge in [-0.05, 0) is 23.8 Å². The van der Waals surface area contributed by atoms with Gasteiger partial charge in [-0.1, -0.05) is 12.1 Å². The predicted molar refractivity (Wildman–Crippen MR) is 62.1 cm³/mol. The van der Waals surface area contributed by atoms with Crippen LogP contribution in [0.5, 0.6) is 5.75 Å². The first-order chi connectivity index (χ1) is 7.74. The zero-order valence-corrected chi connectivity index (χ0v) is 9.27. The van der Waals surface area contributed by atoms with Crippen LogP contribution in [0.4, 0.5) is 0 Å². The van der Waals surface area contributed by atoms with Gasteiger partial charge in [-0.2, -0.15) is 5.26 Å². The summed E-state index contributed by atoms with van der Waals surface area (Å²) in [7, 11) is 3.51. The van der Waals surface area contributed by atoms with Crippen LogP contribution in [-0.4, -0.2) is 11.7 Å². The molecule has 0 aliphatic rings. The standard InChI is InChI=1S/C13H12N2O/c1-15-9-11(6-12(15)8-14)10-4-3-5-13(7-10)16-2/h3-7,9H,1-2H3. The average Bonchev–Trinajstić information content (AvgIpc) is 2.71. The Morgan fingerprint density at radius 3 is 2.69 bits per heavy atom. The van der Waals surface area contributed by atoms with Gasteiger partial charge in [0, 0.05) is 18.8 Å². The number of aryl methyl sites for hydroxylation is 1. The molecule has 0 saturated heterocycles. The Bertz CT molecular complexity index is 549. The molecular formula is C13H12N2O. The maximum Gasteiger partial charge on any atom is 0.120 e. The second kappa shape index (κ2) is 4.11. The number of aromatic nitrogens is 1. The SMILES string of the molecule is COc1cccc(-c2cc(C#N)n(C)c2)c1. The number of hydrogen-bond donors (Lipinski definition) is 0. The largest absolute Gasteiger partial charge is 0.497 e. The second-order valence-corrected chi connectivity index (χ2v) is 3.57. The van der Waals surface area contributed by atoms with Crippen LogP contribution < -0.4 is 4.74 Å². The van der Waals surface area contributed by atoms with Crippen molar-refractivity contribution in [1.82, 2.24) is 4.57 Å². The number of rotatable bonds is 2. The van der Waals surface area contributed by atoms with Gasteiger partial charge < -0.3 is 9.30 Å². The van der Waals surface area contributed by atoms with E-state index in [1.54, 1.807) is 7.11 Å².